The number of aliphatic carboxylic acids is 2. The minimum Gasteiger partial charge on any atom is -0.481 e. The molecule has 0 bridgehead atoms. The maximum absolute atomic E-state index is 13.4. The Labute approximate surface area is 236 Å². The molecule has 1 aromatic carbocycles. The molecule has 2 aromatic rings. The average molecular weight is 575 g/mol. The van der Waals surface area contributed by atoms with Gasteiger partial charge in [-0.3, -0.25) is 24.0 Å². The minimum atomic E-state index is -1.34. The Balaban J connectivity index is 2.33. The molecule has 0 saturated carbocycles. The van der Waals surface area contributed by atoms with Crippen LogP contribution in [0.4, 0.5) is 0 Å². The molecule has 5 unspecified atom stereocenters. The molecule has 0 spiro atoms. The van der Waals surface area contributed by atoms with Crippen LogP contribution >= 0.6 is 0 Å². The second-order valence-electron chi connectivity index (χ2n) is 9.94. The number of aromatic nitrogens is 1. The second kappa shape index (κ2) is 15.4. The molecule has 0 fully saturated rings. The van der Waals surface area contributed by atoms with Crippen molar-refractivity contribution in [2.75, 3.05) is 0 Å². The summed E-state index contributed by atoms with van der Waals surface area (Å²) in [5.41, 5.74) is 12.5. The number of fused-ring (bicyclic) bond motifs is 1. The zero-order valence-electron chi connectivity index (χ0n) is 23.0. The van der Waals surface area contributed by atoms with E-state index in [2.05, 4.69) is 20.9 Å². The number of primary amides is 1. The lowest BCUT2D eigenvalue weighted by atomic mass is 9.97. The Morgan fingerprint density at radius 1 is 0.902 bits per heavy atom. The van der Waals surface area contributed by atoms with Crippen molar-refractivity contribution in [3.8, 4) is 0 Å². The molecule has 41 heavy (non-hydrogen) atoms. The number of amides is 4. The van der Waals surface area contributed by atoms with Gasteiger partial charge in [0.1, 0.15) is 18.1 Å². The Hall–Kier alpha value is -4.46. The van der Waals surface area contributed by atoms with E-state index in [1.54, 1.807) is 26.1 Å². The molecule has 5 atom stereocenters. The third-order valence-electron chi connectivity index (χ3n) is 6.83. The number of aromatic amines is 1. The normalized spacial score (nSPS) is 14.7. The van der Waals surface area contributed by atoms with E-state index in [1.165, 1.54) is 0 Å². The SMILES string of the molecule is CCC(C)C(NC(=O)C(Cc1c[nH]c2ccccc12)NC(=O)C(CCC(N)=O)NC(=O)C(N)CCC(=O)O)C(=O)O. The maximum Gasteiger partial charge on any atom is 0.326 e. The molecule has 14 nitrogen and oxygen atoms in total. The van der Waals surface area contributed by atoms with Crippen LogP contribution in [0.15, 0.2) is 30.5 Å². The van der Waals surface area contributed by atoms with Gasteiger partial charge >= 0.3 is 11.9 Å². The number of para-hydroxylation sites is 1. The van der Waals surface area contributed by atoms with E-state index in [1.807, 2.05) is 18.2 Å². The Morgan fingerprint density at radius 3 is 2.15 bits per heavy atom. The van der Waals surface area contributed by atoms with E-state index in [4.69, 9.17) is 16.6 Å². The monoisotopic (exact) mass is 574 g/mol. The first-order valence-electron chi connectivity index (χ1n) is 13.3. The largest absolute Gasteiger partial charge is 0.481 e. The van der Waals surface area contributed by atoms with Gasteiger partial charge in [-0.05, 0) is 30.4 Å². The predicted molar refractivity (Wildman–Crippen MR) is 148 cm³/mol. The number of carbonyl (C=O) groups excluding carboxylic acids is 4. The van der Waals surface area contributed by atoms with Crippen LogP contribution in [0.3, 0.4) is 0 Å². The Kier molecular flexibility index (Phi) is 12.3. The van der Waals surface area contributed by atoms with E-state index in [0.29, 0.717) is 12.0 Å². The first kappa shape index (κ1) is 32.8. The van der Waals surface area contributed by atoms with E-state index >= 15 is 0 Å². The molecule has 0 saturated heterocycles. The molecule has 4 amide bonds. The summed E-state index contributed by atoms with van der Waals surface area (Å²) in [7, 11) is 0. The molecule has 1 aromatic heterocycles. The predicted octanol–water partition coefficient (Wildman–Crippen LogP) is -0.247. The first-order valence-corrected chi connectivity index (χ1v) is 13.3. The van der Waals surface area contributed by atoms with Gasteiger partial charge in [0.05, 0.1) is 6.04 Å². The zero-order chi connectivity index (χ0) is 30.7. The highest BCUT2D eigenvalue weighted by Gasteiger charge is 2.32. The fourth-order valence-electron chi connectivity index (χ4n) is 4.18. The average Bonchev–Trinajstić information content (AvgIpc) is 3.33. The number of carboxylic acid groups (broad SMARTS) is 2. The van der Waals surface area contributed by atoms with Crippen molar-refractivity contribution in [1.82, 2.24) is 20.9 Å². The van der Waals surface area contributed by atoms with Crippen LogP contribution in [0.1, 0.15) is 51.5 Å². The van der Waals surface area contributed by atoms with Crippen LogP contribution in [0.5, 0.6) is 0 Å². The lowest BCUT2D eigenvalue weighted by Gasteiger charge is -2.26. The number of H-pyrrole nitrogens is 1. The maximum atomic E-state index is 13.4. The van der Waals surface area contributed by atoms with Gasteiger partial charge in [0.25, 0.3) is 0 Å². The van der Waals surface area contributed by atoms with Crippen LogP contribution in [0, 0.1) is 5.92 Å². The fourth-order valence-corrected chi connectivity index (χ4v) is 4.18. The van der Waals surface area contributed by atoms with Crippen LogP contribution in [-0.2, 0) is 35.2 Å². The number of carbonyl (C=O) groups is 6. The lowest BCUT2D eigenvalue weighted by Crippen LogP contribution is -2.58. The van der Waals surface area contributed by atoms with Gasteiger partial charge in [-0.25, -0.2) is 4.79 Å². The molecule has 10 N–H and O–H groups in total. The van der Waals surface area contributed by atoms with Crippen molar-refractivity contribution in [3.63, 3.8) is 0 Å². The molecule has 0 aliphatic rings. The highest BCUT2D eigenvalue weighted by molar-refractivity contribution is 5.95. The third-order valence-corrected chi connectivity index (χ3v) is 6.83. The molecule has 14 heteroatoms. The molecule has 0 aliphatic carbocycles. The fraction of sp³-hybridized carbons (Fsp3) is 0.481. The number of carboxylic acids is 2. The smallest absolute Gasteiger partial charge is 0.326 e. The molecule has 2 rings (SSSR count). The molecule has 0 radical (unpaired) electrons. The van der Waals surface area contributed by atoms with Crippen molar-refractivity contribution < 1.29 is 39.0 Å². The number of rotatable bonds is 17. The molecular weight excluding hydrogens is 536 g/mol. The van der Waals surface area contributed by atoms with Gasteiger partial charge in [-0.15, -0.1) is 0 Å². The van der Waals surface area contributed by atoms with Crippen molar-refractivity contribution in [2.24, 2.45) is 17.4 Å². The summed E-state index contributed by atoms with van der Waals surface area (Å²) in [6.45, 7) is 3.46. The highest BCUT2D eigenvalue weighted by atomic mass is 16.4. The summed E-state index contributed by atoms with van der Waals surface area (Å²) >= 11 is 0. The topological polar surface area (TPSA) is 247 Å². The van der Waals surface area contributed by atoms with Gasteiger partial charge < -0.3 is 42.6 Å². The summed E-state index contributed by atoms with van der Waals surface area (Å²) in [6, 6.07) is 2.23. The second-order valence-corrected chi connectivity index (χ2v) is 9.94. The summed E-state index contributed by atoms with van der Waals surface area (Å²) in [4.78, 5) is 76.6. The standard InChI is InChI=1S/C27H38N6O8/c1-3-14(2)23(27(40)41)33-26(39)20(12-15-13-30-18-7-5-4-6-16(15)18)32-25(38)19(9-10-21(29)34)31-24(37)17(28)8-11-22(35)36/h4-7,13-14,17,19-20,23,30H,3,8-12,28H2,1-2H3,(H2,29,34)(H,31,37)(H,32,38)(H,33,39)(H,35,36)(H,40,41). The lowest BCUT2D eigenvalue weighted by molar-refractivity contribution is -0.144. The summed E-state index contributed by atoms with van der Waals surface area (Å²) in [6.07, 6.45) is 1.06. The van der Waals surface area contributed by atoms with Crippen molar-refractivity contribution in [2.45, 2.75) is 76.5 Å². The summed E-state index contributed by atoms with van der Waals surface area (Å²) in [5, 5.41) is 26.8. The number of hydrogen-bond acceptors (Lipinski definition) is 7. The summed E-state index contributed by atoms with van der Waals surface area (Å²) < 4.78 is 0. The first-order chi connectivity index (χ1) is 19.3. The molecule has 1 heterocycles. The van der Waals surface area contributed by atoms with Crippen molar-refractivity contribution >= 4 is 46.5 Å². The highest BCUT2D eigenvalue weighted by Crippen LogP contribution is 2.20. The number of hydrogen-bond donors (Lipinski definition) is 8. The Morgan fingerprint density at radius 2 is 1.54 bits per heavy atom. The molecule has 224 valence electrons. The molecule has 0 aliphatic heterocycles. The van der Waals surface area contributed by atoms with Crippen LogP contribution in [0.25, 0.3) is 10.9 Å². The third kappa shape index (κ3) is 9.90. The Bertz CT molecular complexity index is 1260. The van der Waals surface area contributed by atoms with Crippen molar-refractivity contribution in [3.05, 3.63) is 36.0 Å². The van der Waals surface area contributed by atoms with Gasteiger partial charge in [0, 0.05) is 36.4 Å². The molecular formula is C27H38N6O8. The van der Waals surface area contributed by atoms with Crippen LogP contribution < -0.4 is 27.4 Å². The number of benzene rings is 1. The van der Waals surface area contributed by atoms with Crippen molar-refractivity contribution in [1.29, 1.82) is 0 Å². The minimum absolute atomic E-state index is 0.0248. The van der Waals surface area contributed by atoms with E-state index in [0.717, 1.165) is 10.9 Å². The van der Waals surface area contributed by atoms with Gasteiger partial charge in [-0.1, -0.05) is 38.5 Å². The van der Waals surface area contributed by atoms with Gasteiger partial charge in [-0.2, -0.15) is 0 Å². The number of nitrogens with two attached hydrogens (primary N) is 2. The van der Waals surface area contributed by atoms with Crippen LogP contribution in [0.2, 0.25) is 0 Å². The van der Waals surface area contributed by atoms with Crippen LogP contribution in [-0.4, -0.2) is 74.9 Å². The van der Waals surface area contributed by atoms with E-state index in [-0.39, 0.29) is 32.1 Å². The van der Waals surface area contributed by atoms with Gasteiger partial charge in [0.15, 0.2) is 0 Å². The van der Waals surface area contributed by atoms with E-state index < -0.39 is 65.7 Å². The van der Waals surface area contributed by atoms with E-state index in [9.17, 15) is 33.9 Å². The van der Waals surface area contributed by atoms with Gasteiger partial charge in [0.2, 0.25) is 23.6 Å². The number of nitrogens with one attached hydrogen (secondary N) is 4. The quantitative estimate of drug-likeness (QED) is 0.124. The summed E-state index contributed by atoms with van der Waals surface area (Å²) in [5.74, 6) is -5.94. The zero-order valence-corrected chi connectivity index (χ0v) is 23.0.